The maximum atomic E-state index is 5.82. The van der Waals surface area contributed by atoms with Crippen molar-refractivity contribution in [3.05, 3.63) is 11.9 Å². The molecule has 0 atom stereocenters. The van der Waals surface area contributed by atoms with Crippen LogP contribution in [0.15, 0.2) is 6.33 Å². The number of aromatic nitrogens is 2. The number of rotatable bonds is 7. The minimum absolute atomic E-state index is 0.504. The minimum Gasteiger partial charge on any atom is -0.476 e. The van der Waals surface area contributed by atoms with E-state index in [0.29, 0.717) is 30.4 Å². The van der Waals surface area contributed by atoms with E-state index in [1.807, 2.05) is 6.92 Å². The molecule has 0 radical (unpaired) electrons. The average Bonchev–Trinajstić information content (AvgIpc) is 2.33. The third-order valence-corrected chi connectivity index (χ3v) is 3.21. The zero-order valence-electron chi connectivity index (χ0n) is 12.7. The lowest BCUT2D eigenvalue weighted by atomic mass is 10.2. The molecule has 1 aromatic heterocycles. The van der Waals surface area contributed by atoms with Crippen LogP contribution in [0.5, 0.6) is 5.88 Å². The van der Waals surface area contributed by atoms with Gasteiger partial charge in [-0.1, -0.05) is 6.92 Å². The van der Waals surface area contributed by atoms with Crippen LogP contribution in [0.4, 0.5) is 5.82 Å². The summed E-state index contributed by atoms with van der Waals surface area (Å²) in [6, 6.07) is 1.01. The summed E-state index contributed by atoms with van der Waals surface area (Å²) in [6.07, 6.45) is 2.23. The number of nitrogen functional groups attached to an aromatic ring is 1. The van der Waals surface area contributed by atoms with E-state index in [9.17, 15) is 0 Å². The fraction of sp³-hybridized carbons (Fsp3) is 0.714. The average molecular weight is 266 g/mol. The lowest BCUT2D eigenvalue weighted by Gasteiger charge is -2.30. The Bertz CT molecular complexity index is 385. The second kappa shape index (κ2) is 7.28. The van der Waals surface area contributed by atoms with Crippen LogP contribution in [-0.2, 0) is 6.42 Å². The van der Waals surface area contributed by atoms with Crippen LogP contribution < -0.4 is 10.5 Å². The SMILES string of the molecule is CCc1c(N)ncnc1OCCN(C(C)C)C(C)C. The Kier molecular flexibility index (Phi) is 6.02. The molecule has 1 heterocycles. The van der Waals surface area contributed by atoms with Gasteiger partial charge in [0.05, 0.1) is 5.56 Å². The van der Waals surface area contributed by atoms with E-state index in [0.717, 1.165) is 18.5 Å². The predicted molar refractivity (Wildman–Crippen MR) is 78.3 cm³/mol. The molecule has 5 nitrogen and oxygen atoms in total. The van der Waals surface area contributed by atoms with Gasteiger partial charge in [0.15, 0.2) is 0 Å². The summed E-state index contributed by atoms with van der Waals surface area (Å²) < 4.78 is 5.77. The molecule has 2 N–H and O–H groups in total. The summed E-state index contributed by atoms with van der Waals surface area (Å²) in [5, 5.41) is 0. The Morgan fingerprint density at radius 1 is 1.21 bits per heavy atom. The molecule has 0 aliphatic carbocycles. The second-order valence-electron chi connectivity index (χ2n) is 5.17. The first-order valence-electron chi connectivity index (χ1n) is 6.95. The van der Waals surface area contributed by atoms with Gasteiger partial charge < -0.3 is 10.5 Å². The molecule has 0 amide bonds. The van der Waals surface area contributed by atoms with Crippen LogP contribution in [0, 0.1) is 0 Å². The van der Waals surface area contributed by atoms with Gasteiger partial charge in [-0.2, -0.15) is 0 Å². The third kappa shape index (κ3) is 4.35. The van der Waals surface area contributed by atoms with Crippen LogP contribution >= 0.6 is 0 Å². The molecule has 1 aromatic rings. The fourth-order valence-corrected chi connectivity index (χ4v) is 2.23. The Morgan fingerprint density at radius 3 is 2.37 bits per heavy atom. The van der Waals surface area contributed by atoms with Crippen molar-refractivity contribution in [1.29, 1.82) is 0 Å². The van der Waals surface area contributed by atoms with Gasteiger partial charge in [-0.3, -0.25) is 4.90 Å². The summed E-state index contributed by atoms with van der Waals surface area (Å²) in [6.45, 7) is 12.3. The van der Waals surface area contributed by atoms with E-state index >= 15 is 0 Å². The van der Waals surface area contributed by atoms with Crippen molar-refractivity contribution in [3.8, 4) is 5.88 Å². The van der Waals surface area contributed by atoms with Crippen molar-refractivity contribution >= 4 is 5.82 Å². The van der Waals surface area contributed by atoms with Crippen molar-refractivity contribution in [2.45, 2.75) is 53.1 Å². The van der Waals surface area contributed by atoms with Gasteiger partial charge in [0.1, 0.15) is 18.8 Å². The largest absolute Gasteiger partial charge is 0.476 e. The minimum atomic E-state index is 0.504. The Labute approximate surface area is 116 Å². The van der Waals surface area contributed by atoms with Crippen molar-refractivity contribution in [2.75, 3.05) is 18.9 Å². The molecule has 0 unspecified atom stereocenters. The molecule has 0 saturated heterocycles. The maximum Gasteiger partial charge on any atom is 0.221 e. The lowest BCUT2D eigenvalue weighted by molar-refractivity contribution is 0.139. The molecule has 0 saturated carbocycles. The molecule has 0 aliphatic rings. The molecule has 5 heteroatoms. The van der Waals surface area contributed by atoms with Crippen molar-refractivity contribution in [1.82, 2.24) is 14.9 Å². The maximum absolute atomic E-state index is 5.82. The normalized spacial score (nSPS) is 11.6. The number of nitrogens with zero attached hydrogens (tertiary/aromatic N) is 3. The van der Waals surface area contributed by atoms with Gasteiger partial charge in [-0.05, 0) is 34.1 Å². The Morgan fingerprint density at radius 2 is 1.84 bits per heavy atom. The first-order valence-corrected chi connectivity index (χ1v) is 6.95. The predicted octanol–water partition coefficient (Wildman–Crippen LogP) is 2.12. The van der Waals surface area contributed by atoms with E-state index < -0.39 is 0 Å². The van der Waals surface area contributed by atoms with Gasteiger partial charge in [0.25, 0.3) is 0 Å². The monoisotopic (exact) mass is 266 g/mol. The molecule has 0 aromatic carbocycles. The van der Waals surface area contributed by atoms with Crippen molar-refractivity contribution in [2.24, 2.45) is 0 Å². The first-order chi connectivity index (χ1) is 8.97. The van der Waals surface area contributed by atoms with Crippen LogP contribution in [0.25, 0.3) is 0 Å². The van der Waals surface area contributed by atoms with Gasteiger partial charge in [-0.15, -0.1) is 0 Å². The summed E-state index contributed by atoms with van der Waals surface area (Å²) in [7, 11) is 0. The third-order valence-electron chi connectivity index (χ3n) is 3.21. The molecule has 1 rings (SSSR count). The van der Waals surface area contributed by atoms with E-state index in [1.165, 1.54) is 6.33 Å². The number of anilines is 1. The van der Waals surface area contributed by atoms with Crippen molar-refractivity contribution in [3.63, 3.8) is 0 Å². The second-order valence-corrected chi connectivity index (χ2v) is 5.17. The van der Waals surface area contributed by atoms with E-state index in [2.05, 4.69) is 42.6 Å². The molecular weight excluding hydrogens is 240 g/mol. The quantitative estimate of drug-likeness (QED) is 0.819. The van der Waals surface area contributed by atoms with Crippen LogP contribution in [0.1, 0.15) is 40.2 Å². The summed E-state index contributed by atoms with van der Waals surface area (Å²) in [4.78, 5) is 10.5. The molecular formula is C14H26N4O. The number of hydrogen-bond acceptors (Lipinski definition) is 5. The highest BCUT2D eigenvalue weighted by Crippen LogP contribution is 2.19. The molecule has 108 valence electrons. The van der Waals surface area contributed by atoms with Gasteiger partial charge in [-0.25, -0.2) is 9.97 Å². The van der Waals surface area contributed by atoms with Crippen molar-refractivity contribution < 1.29 is 4.74 Å². The molecule has 0 aliphatic heterocycles. The molecule has 0 spiro atoms. The van der Waals surface area contributed by atoms with Crippen LogP contribution in [-0.4, -0.2) is 40.1 Å². The Balaban J connectivity index is 2.60. The smallest absolute Gasteiger partial charge is 0.221 e. The van der Waals surface area contributed by atoms with E-state index in [4.69, 9.17) is 10.5 Å². The van der Waals surface area contributed by atoms with Gasteiger partial charge in [0, 0.05) is 18.6 Å². The van der Waals surface area contributed by atoms with E-state index in [-0.39, 0.29) is 0 Å². The highest BCUT2D eigenvalue weighted by molar-refractivity contribution is 5.44. The molecule has 0 bridgehead atoms. The molecule has 0 fully saturated rings. The van der Waals surface area contributed by atoms with Gasteiger partial charge >= 0.3 is 0 Å². The summed E-state index contributed by atoms with van der Waals surface area (Å²) in [5.74, 6) is 1.12. The highest BCUT2D eigenvalue weighted by atomic mass is 16.5. The summed E-state index contributed by atoms with van der Waals surface area (Å²) in [5.41, 5.74) is 6.71. The van der Waals surface area contributed by atoms with E-state index in [1.54, 1.807) is 0 Å². The molecule has 19 heavy (non-hydrogen) atoms. The topological polar surface area (TPSA) is 64.3 Å². The zero-order chi connectivity index (χ0) is 14.4. The first kappa shape index (κ1) is 15.7. The van der Waals surface area contributed by atoms with Crippen LogP contribution in [0.2, 0.25) is 0 Å². The standard InChI is InChI=1S/C14H26N4O/c1-6-12-13(15)16-9-17-14(12)19-8-7-18(10(2)3)11(4)5/h9-11H,6-8H2,1-5H3,(H2,15,16,17). The van der Waals surface area contributed by atoms with Crippen LogP contribution in [0.3, 0.4) is 0 Å². The number of nitrogens with two attached hydrogens (primary N) is 1. The number of hydrogen-bond donors (Lipinski definition) is 1. The number of ether oxygens (including phenoxy) is 1. The fourth-order valence-electron chi connectivity index (χ4n) is 2.23. The van der Waals surface area contributed by atoms with Gasteiger partial charge in [0.2, 0.25) is 5.88 Å². The highest BCUT2D eigenvalue weighted by Gasteiger charge is 2.14. The summed E-state index contributed by atoms with van der Waals surface area (Å²) >= 11 is 0. The Hall–Kier alpha value is -1.36. The zero-order valence-corrected chi connectivity index (χ0v) is 12.7. The lowest BCUT2D eigenvalue weighted by Crippen LogP contribution is -2.39.